The smallest absolute Gasteiger partial charge is 0.283 e. The van der Waals surface area contributed by atoms with Gasteiger partial charge >= 0.3 is 0 Å². The number of hydrogen-bond donors (Lipinski definition) is 0. The molecule has 0 bridgehead atoms. The third-order valence-corrected chi connectivity index (χ3v) is 7.05. The van der Waals surface area contributed by atoms with Crippen LogP contribution < -0.4 is 9.54 Å². The summed E-state index contributed by atoms with van der Waals surface area (Å²) in [5.74, 6) is 0.172. The molecule has 1 amide bonds. The van der Waals surface area contributed by atoms with Crippen molar-refractivity contribution in [1.29, 1.82) is 0 Å². The Morgan fingerprint density at radius 2 is 1.94 bits per heavy atom. The summed E-state index contributed by atoms with van der Waals surface area (Å²) in [6.45, 7) is 17.4. The van der Waals surface area contributed by atoms with Crippen LogP contribution in [0.15, 0.2) is 23.2 Å². The molecule has 32 heavy (non-hydrogen) atoms. The minimum absolute atomic E-state index is 0.0485. The molecule has 1 aromatic heterocycles. The molecule has 3 rings (SSSR count). The lowest BCUT2D eigenvalue weighted by Gasteiger charge is -2.47. The monoisotopic (exact) mass is 478 g/mol. The van der Waals surface area contributed by atoms with Gasteiger partial charge in [-0.05, 0) is 45.4 Å². The van der Waals surface area contributed by atoms with Gasteiger partial charge < -0.3 is 4.74 Å². The Hall–Kier alpha value is -1.70. The summed E-state index contributed by atoms with van der Waals surface area (Å²) in [5.41, 5.74) is 0.388. The summed E-state index contributed by atoms with van der Waals surface area (Å²) in [7, 11) is 0. The number of carbonyl (C=O) groups excluding carboxylic acids is 1. The number of aryl methyl sites for hydroxylation is 1. The highest BCUT2D eigenvalue weighted by molar-refractivity contribution is 7.09. The minimum atomic E-state index is -0.358. The van der Waals surface area contributed by atoms with Crippen molar-refractivity contribution < 1.29 is 9.53 Å². The van der Waals surface area contributed by atoms with Gasteiger partial charge in [-0.3, -0.25) is 9.69 Å². The molecular formula is C24H35ClN4O2S. The minimum Gasteiger partial charge on any atom is -0.487 e. The zero-order valence-electron chi connectivity index (χ0n) is 20.2. The average molecular weight is 479 g/mol. The number of hydrogen-bond acceptors (Lipinski definition) is 5. The number of unbranched alkanes of at least 4 members (excludes halogenated alkanes) is 1. The Labute approximate surface area is 200 Å². The summed E-state index contributed by atoms with van der Waals surface area (Å²) in [4.78, 5) is 20.6. The summed E-state index contributed by atoms with van der Waals surface area (Å²) < 4.78 is 8.03. The first kappa shape index (κ1) is 24.9. The topological polar surface area (TPSA) is 59.7 Å². The number of carbonyl (C=O) groups is 1. The number of likely N-dealkylation sites (tertiary alicyclic amines) is 1. The van der Waals surface area contributed by atoms with Crippen LogP contribution in [0, 0.1) is 0 Å². The molecule has 0 N–H and O–H groups in total. The third kappa shape index (κ3) is 6.00. The SMILES string of the molecule is CCCCn1nc(C(C)(C)C)sc1=NC(=O)c1cc(Cl)ccc1OC1CN(C(C)(C)C)C1. The van der Waals surface area contributed by atoms with Crippen LogP contribution in [0.25, 0.3) is 0 Å². The number of nitrogens with zero attached hydrogens (tertiary/aromatic N) is 4. The fourth-order valence-corrected chi connectivity index (χ4v) is 4.46. The molecule has 1 aliphatic rings. The van der Waals surface area contributed by atoms with Crippen molar-refractivity contribution in [2.75, 3.05) is 13.1 Å². The van der Waals surface area contributed by atoms with Crippen molar-refractivity contribution >= 4 is 28.8 Å². The maximum absolute atomic E-state index is 13.2. The summed E-state index contributed by atoms with van der Waals surface area (Å²) in [5, 5.41) is 6.18. The molecule has 1 saturated heterocycles. The number of aromatic nitrogens is 2. The highest BCUT2D eigenvalue weighted by atomic mass is 35.5. The lowest BCUT2D eigenvalue weighted by Crippen LogP contribution is -2.60. The van der Waals surface area contributed by atoms with Gasteiger partial charge in [0.05, 0.1) is 5.56 Å². The van der Waals surface area contributed by atoms with Crippen LogP contribution in [0.1, 0.15) is 76.7 Å². The van der Waals surface area contributed by atoms with E-state index in [0.717, 1.165) is 37.5 Å². The van der Waals surface area contributed by atoms with Crippen LogP contribution in [0.2, 0.25) is 5.02 Å². The summed E-state index contributed by atoms with van der Waals surface area (Å²) >= 11 is 7.69. The quantitative estimate of drug-likeness (QED) is 0.565. The fraction of sp³-hybridized carbons (Fsp3) is 0.625. The molecule has 2 aromatic rings. The van der Waals surface area contributed by atoms with Gasteiger partial charge in [-0.15, -0.1) is 0 Å². The highest BCUT2D eigenvalue weighted by Gasteiger charge is 2.36. The molecule has 0 aliphatic carbocycles. The molecule has 1 fully saturated rings. The Balaban J connectivity index is 1.89. The molecule has 0 atom stereocenters. The Bertz CT molecular complexity index is 1020. The van der Waals surface area contributed by atoms with Gasteiger partial charge in [-0.2, -0.15) is 10.1 Å². The molecule has 8 heteroatoms. The van der Waals surface area contributed by atoms with Crippen LogP contribution in [-0.2, 0) is 12.0 Å². The number of rotatable bonds is 6. The molecule has 1 aromatic carbocycles. The first-order valence-corrected chi connectivity index (χ1v) is 12.5. The van der Waals surface area contributed by atoms with Crippen LogP contribution in [0.5, 0.6) is 5.75 Å². The van der Waals surface area contributed by atoms with Gasteiger partial charge in [0.2, 0.25) is 4.80 Å². The summed E-state index contributed by atoms with van der Waals surface area (Å²) in [6, 6.07) is 5.16. The Morgan fingerprint density at radius 3 is 2.53 bits per heavy atom. The second-order valence-corrected chi connectivity index (χ2v) is 11.8. The zero-order chi connectivity index (χ0) is 23.7. The van der Waals surface area contributed by atoms with E-state index in [4.69, 9.17) is 21.4 Å². The number of halogens is 1. The number of benzene rings is 1. The van der Waals surface area contributed by atoms with Crippen molar-refractivity contribution in [2.45, 2.75) is 84.9 Å². The van der Waals surface area contributed by atoms with Gasteiger partial charge in [0.1, 0.15) is 16.9 Å². The predicted octanol–water partition coefficient (Wildman–Crippen LogP) is 5.30. The van der Waals surface area contributed by atoms with Crippen molar-refractivity contribution in [2.24, 2.45) is 4.99 Å². The second-order valence-electron chi connectivity index (χ2n) is 10.4. The molecule has 0 radical (unpaired) electrons. The lowest BCUT2D eigenvalue weighted by molar-refractivity contribution is -0.0352. The maximum Gasteiger partial charge on any atom is 0.283 e. The van der Waals surface area contributed by atoms with E-state index in [2.05, 4.69) is 58.4 Å². The van der Waals surface area contributed by atoms with Crippen molar-refractivity contribution in [3.05, 3.63) is 38.6 Å². The number of amides is 1. The first-order chi connectivity index (χ1) is 14.9. The van der Waals surface area contributed by atoms with Gasteiger partial charge in [0.25, 0.3) is 5.91 Å². The largest absolute Gasteiger partial charge is 0.487 e. The van der Waals surface area contributed by atoms with Crippen LogP contribution in [0.3, 0.4) is 0 Å². The highest BCUT2D eigenvalue weighted by Crippen LogP contribution is 2.29. The van der Waals surface area contributed by atoms with E-state index in [-0.39, 0.29) is 23.0 Å². The molecule has 0 spiro atoms. The molecule has 0 saturated carbocycles. The van der Waals surface area contributed by atoms with Crippen LogP contribution >= 0.6 is 22.9 Å². The van der Waals surface area contributed by atoms with E-state index >= 15 is 0 Å². The molecule has 1 aliphatic heterocycles. The number of ether oxygens (including phenoxy) is 1. The van der Waals surface area contributed by atoms with Gasteiger partial charge in [0, 0.05) is 35.6 Å². The van der Waals surface area contributed by atoms with Crippen molar-refractivity contribution in [3.8, 4) is 5.75 Å². The molecule has 2 heterocycles. The second kappa shape index (κ2) is 9.65. The maximum atomic E-state index is 13.2. The van der Waals surface area contributed by atoms with Crippen molar-refractivity contribution in [1.82, 2.24) is 14.7 Å². The van der Waals surface area contributed by atoms with E-state index < -0.39 is 0 Å². The van der Waals surface area contributed by atoms with E-state index in [0.29, 0.717) is 21.1 Å². The first-order valence-electron chi connectivity index (χ1n) is 11.3. The average Bonchev–Trinajstić information content (AvgIpc) is 3.05. The van der Waals surface area contributed by atoms with Gasteiger partial charge in [0.15, 0.2) is 0 Å². The van der Waals surface area contributed by atoms with Crippen molar-refractivity contribution in [3.63, 3.8) is 0 Å². The predicted molar refractivity (Wildman–Crippen MR) is 131 cm³/mol. The van der Waals surface area contributed by atoms with E-state index in [1.165, 1.54) is 11.3 Å². The third-order valence-electron chi connectivity index (χ3n) is 5.44. The normalized spacial score (nSPS) is 16.3. The molecular weight excluding hydrogens is 444 g/mol. The lowest BCUT2D eigenvalue weighted by atomic mass is 9.98. The zero-order valence-corrected chi connectivity index (χ0v) is 21.8. The molecule has 0 unspecified atom stereocenters. The van der Waals surface area contributed by atoms with Crippen LogP contribution in [-0.4, -0.2) is 45.3 Å². The fourth-order valence-electron chi connectivity index (χ4n) is 3.31. The Kier molecular flexibility index (Phi) is 7.52. The summed E-state index contributed by atoms with van der Waals surface area (Å²) in [6.07, 6.45) is 2.07. The van der Waals surface area contributed by atoms with E-state index in [1.807, 2.05) is 4.68 Å². The van der Waals surface area contributed by atoms with E-state index in [9.17, 15) is 4.79 Å². The van der Waals surface area contributed by atoms with Gasteiger partial charge in [-0.25, -0.2) is 4.68 Å². The molecule has 176 valence electrons. The van der Waals surface area contributed by atoms with Crippen LogP contribution in [0.4, 0.5) is 0 Å². The Morgan fingerprint density at radius 1 is 1.25 bits per heavy atom. The van der Waals surface area contributed by atoms with E-state index in [1.54, 1.807) is 18.2 Å². The molecule has 6 nitrogen and oxygen atoms in total. The van der Waals surface area contributed by atoms with Gasteiger partial charge in [-0.1, -0.05) is 57.1 Å². The standard InChI is InChI=1S/C24H35ClN4O2S/c1-8-9-12-29-22(32-21(27-29)23(2,3)4)26-20(30)18-13-16(25)10-11-19(18)31-17-14-28(15-17)24(5,6)7/h10-11,13,17H,8-9,12,14-15H2,1-7H3.